The summed E-state index contributed by atoms with van der Waals surface area (Å²) in [6.07, 6.45) is 73.1. The van der Waals surface area contributed by atoms with Crippen LogP contribution in [0.2, 0.25) is 0 Å². The number of esters is 1. The maximum absolute atomic E-state index is 12.5. The molecule has 0 saturated carbocycles. The molecule has 0 aliphatic carbocycles. The Bertz CT molecular complexity index is 1120. The number of allylic oxidation sites excluding steroid dienone is 5. The van der Waals surface area contributed by atoms with Gasteiger partial charge < -0.3 is 20.3 Å². The number of rotatable bonds is 57. The van der Waals surface area contributed by atoms with Crippen LogP contribution in [0.4, 0.5) is 0 Å². The molecule has 2 unspecified atom stereocenters. The number of aliphatic hydroxyl groups excluding tert-OH is 2. The summed E-state index contributed by atoms with van der Waals surface area (Å²) in [6.45, 7) is 4.89. The maximum Gasteiger partial charge on any atom is 0.305 e. The Morgan fingerprint density at radius 1 is 0.406 bits per heavy atom. The first kappa shape index (κ1) is 67.1. The molecule has 0 saturated heterocycles. The lowest BCUT2D eigenvalue weighted by molar-refractivity contribution is -0.143. The van der Waals surface area contributed by atoms with E-state index in [0.717, 1.165) is 51.4 Å². The fourth-order valence-electron chi connectivity index (χ4n) is 9.43. The van der Waals surface area contributed by atoms with Crippen molar-refractivity contribution >= 4 is 11.9 Å². The van der Waals surface area contributed by atoms with Gasteiger partial charge in [-0.15, -0.1) is 0 Å². The van der Waals surface area contributed by atoms with Crippen molar-refractivity contribution in [3.05, 3.63) is 36.5 Å². The molecule has 0 bridgehead atoms. The Morgan fingerprint density at radius 2 is 0.725 bits per heavy atom. The standard InChI is InChI=1S/C63H119NO5/c1-3-5-7-9-11-13-15-17-19-21-25-29-33-37-41-45-49-53-57-63(68)69-58-54-50-46-42-38-34-30-26-23-22-24-28-32-36-40-44-48-52-56-62(67)64-60(59-65)61(66)55-51-47-43-39-35-31-27-20-18-16-14-12-10-8-6-4-2/h13,15,19,21,51,55,60-61,65-66H,3-12,14,16-18,20,22-50,52-54,56-59H2,1-2H3,(H,64,67)/b15-13-,21-19-,55-51+. The second kappa shape index (κ2) is 58.6. The van der Waals surface area contributed by atoms with Gasteiger partial charge in [0.05, 0.1) is 25.4 Å². The predicted molar refractivity (Wildman–Crippen MR) is 301 cm³/mol. The van der Waals surface area contributed by atoms with E-state index < -0.39 is 12.1 Å². The van der Waals surface area contributed by atoms with E-state index in [4.69, 9.17) is 4.74 Å². The quantitative estimate of drug-likeness (QED) is 0.0321. The van der Waals surface area contributed by atoms with E-state index in [1.54, 1.807) is 6.08 Å². The van der Waals surface area contributed by atoms with Crippen LogP contribution in [0, 0.1) is 0 Å². The minimum absolute atomic E-state index is 0.000717. The SMILES string of the molecule is CCCCCC/C=C\C/C=C\CCCCCCCCCC(=O)OCCCCCCCCCCCCCCCCCCCCC(=O)NC(CO)C(O)/C=C/CCCCCCCCCCCCCCCC. The number of carbonyl (C=O) groups excluding carboxylic acids is 2. The lowest BCUT2D eigenvalue weighted by Crippen LogP contribution is -2.45. The average molecular weight is 971 g/mol. The predicted octanol–water partition coefficient (Wildman–Crippen LogP) is 19.2. The summed E-state index contributed by atoms with van der Waals surface area (Å²) >= 11 is 0. The first-order valence-corrected chi connectivity index (χ1v) is 30.8. The molecule has 0 aromatic rings. The molecule has 0 aliphatic rings. The normalized spacial score (nSPS) is 12.8. The Labute approximate surface area is 430 Å². The van der Waals surface area contributed by atoms with Gasteiger partial charge in [-0.3, -0.25) is 9.59 Å². The number of amides is 1. The summed E-state index contributed by atoms with van der Waals surface area (Å²) in [5, 5.41) is 23.1. The minimum Gasteiger partial charge on any atom is -0.466 e. The van der Waals surface area contributed by atoms with Crippen molar-refractivity contribution in [1.29, 1.82) is 0 Å². The molecule has 0 radical (unpaired) electrons. The van der Waals surface area contributed by atoms with Crippen molar-refractivity contribution in [2.24, 2.45) is 0 Å². The van der Waals surface area contributed by atoms with Gasteiger partial charge in [0.1, 0.15) is 0 Å². The molecule has 0 rings (SSSR count). The van der Waals surface area contributed by atoms with Crippen LogP contribution in [-0.4, -0.2) is 47.4 Å². The van der Waals surface area contributed by atoms with E-state index in [1.807, 2.05) is 6.08 Å². The van der Waals surface area contributed by atoms with Crippen LogP contribution in [0.15, 0.2) is 36.5 Å². The first-order valence-electron chi connectivity index (χ1n) is 30.8. The summed E-state index contributed by atoms with van der Waals surface area (Å²) < 4.78 is 5.49. The molecule has 3 N–H and O–H groups in total. The fraction of sp³-hybridized carbons (Fsp3) is 0.873. The second-order valence-electron chi connectivity index (χ2n) is 21.0. The third-order valence-corrected chi connectivity index (χ3v) is 14.2. The molecule has 0 spiro atoms. The molecule has 0 aliphatic heterocycles. The van der Waals surface area contributed by atoms with Gasteiger partial charge in [-0.05, 0) is 64.2 Å². The van der Waals surface area contributed by atoms with E-state index in [0.29, 0.717) is 19.4 Å². The van der Waals surface area contributed by atoms with Crippen molar-refractivity contribution in [3.8, 4) is 0 Å². The Morgan fingerprint density at radius 3 is 1.12 bits per heavy atom. The van der Waals surface area contributed by atoms with Gasteiger partial charge in [0.2, 0.25) is 5.91 Å². The number of carbonyl (C=O) groups is 2. The van der Waals surface area contributed by atoms with E-state index in [2.05, 4.69) is 43.5 Å². The van der Waals surface area contributed by atoms with Gasteiger partial charge in [0.15, 0.2) is 0 Å². The number of hydrogen-bond donors (Lipinski definition) is 3. The topological polar surface area (TPSA) is 95.9 Å². The first-order chi connectivity index (χ1) is 34.0. The van der Waals surface area contributed by atoms with E-state index in [-0.39, 0.29) is 18.5 Å². The minimum atomic E-state index is -0.848. The summed E-state index contributed by atoms with van der Waals surface area (Å²) in [5.74, 6) is -0.0715. The van der Waals surface area contributed by atoms with Crippen LogP contribution in [-0.2, 0) is 14.3 Å². The number of aliphatic hydroxyl groups is 2. The third-order valence-electron chi connectivity index (χ3n) is 14.2. The van der Waals surface area contributed by atoms with Crippen molar-refractivity contribution in [2.45, 2.75) is 341 Å². The maximum atomic E-state index is 12.5. The van der Waals surface area contributed by atoms with Gasteiger partial charge in [-0.2, -0.15) is 0 Å². The molecule has 0 heterocycles. The van der Waals surface area contributed by atoms with Gasteiger partial charge >= 0.3 is 5.97 Å². The summed E-state index contributed by atoms with van der Waals surface area (Å²) in [6, 6.07) is -0.631. The highest BCUT2D eigenvalue weighted by atomic mass is 16.5. The smallest absolute Gasteiger partial charge is 0.305 e. The zero-order valence-corrected chi connectivity index (χ0v) is 46.3. The van der Waals surface area contributed by atoms with E-state index in [9.17, 15) is 19.8 Å². The molecule has 6 nitrogen and oxygen atoms in total. The molecule has 406 valence electrons. The van der Waals surface area contributed by atoms with E-state index >= 15 is 0 Å². The third kappa shape index (κ3) is 55.2. The van der Waals surface area contributed by atoms with Crippen LogP contribution < -0.4 is 5.32 Å². The molecule has 2 atom stereocenters. The number of nitrogens with one attached hydrogen (secondary N) is 1. The van der Waals surface area contributed by atoms with Crippen molar-refractivity contribution < 1.29 is 24.5 Å². The number of unbranched alkanes of at least 4 members (excludes halogenated alkanes) is 42. The van der Waals surface area contributed by atoms with Gasteiger partial charge in [-0.25, -0.2) is 0 Å². The Kier molecular flexibility index (Phi) is 57.0. The highest BCUT2D eigenvalue weighted by Gasteiger charge is 2.18. The summed E-state index contributed by atoms with van der Waals surface area (Å²) in [4.78, 5) is 24.6. The van der Waals surface area contributed by atoms with Gasteiger partial charge in [-0.1, -0.05) is 288 Å². The monoisotopic (exact) mass is 970 g/mol. The average Bonchev–Trinajstić information content (AvgIpc) is 3.35. The summed E-state index contributed by atoms with van der Waals surface area (Å²) in [7, 11) is 0. The number of hydrogen-bond acceptors (Lipinski definition) is 5. The van der Waals surface area contributed by atoms with Crippen molar-refractivity contribution in [3.63, 3.8) is 0 Å². The zero-order chi connectivity index (χ0) is 50.0. The molecule has 69 heavy (non-hydrogen) atoms. The van der Waals surface area contributed by atoms with E-state index in [1.165, 1.54) is 250 Å². The zero-order valence-electron chi connectivity index (χ0n) is 46.3. The largest absolute Gasteiger partial charge is 0.466 e. The van der Waals surface area contributed by atoms with Gasteiger partial charge in [0.25, 0.3) is 0 Å². The molecule has 0 aromatic carbocycles. The highest BCUT2D eigenvalue weighted by molar-refractivity contribution is 5.76. The second-order valence-corrected chi connectivity index (χ2v) is 21.0. The van der Waals surface area contributed by atoms with Crippen LogP contribution in [0.5, 0.6) is 0 Å². The Hall–Kier alpha value is -1.92. The summed E-state index contributed by atoms with van der Waals surface area (Å²) in [5.41, 5.74) is 0. The molecule has 0 aromatic heterocycles. The Balaban J connectivity index is 3.43. The van der Waals surface area contributed by atoms with Crippen molar-refractivity contribution in [2.75, 3.05) is 13.2 Å². The van der Waals surface area contributed by atoms with Gasteiger partial charge in [0, 0.05) is 12.8 Å². The highest BCUT2D eigenvalue weighted by Crippen LogP contribution is 2.17. The molecular weight excluding hydrogens is 851 g/mol. The van der Waals surface area contributed by atoms with Crippen LogP contribution in [0.1, 0.15) is 328 Å². The van der Waals surface area contributed by atoms with Crippen LogP contribution in [0.3, 0.4) is 0 Å². The van der Waals surface area contributed by atoms with Crippen molar-refractivity contribution in [1.82, 2.24) is 5.32 Å². The van der Waals surface area contributed by atoms with Crippen LogP contribution in [0.25, 0.3) is 0 Å². The molecule has 0 fully saturated rings. The fourth-order valence-corrected chi connectivity index (χ4v) is 9.43. The molecular formula is C63H119NO5. The molecule has 1 amide bonds. The van der Waals surface area contributed by atoms with Crippen LogP contribution >= 0.6 is 0 Å². The lowest BCUT2D eigenvalue weighted by atomic mass is 10.0. The number of ether oxygens (including phenoxy) is 1. The molecule has 6 heteroatoms. The lowest BCUT2D eigenvalue weighted by Gasteiger charge is -2.20.